The zero-order chi connectivity index (χ0) is 9.26. The number of hydrogen-bond donors (Lipinski definition) is 1. The second-order valence-electron chi connectivity index (χ2n) is 2.93. The van der Waals surface area contributed by atoms with Gasteiger partial charge in [0.15, 0.2) is 6.20 Å². The first-order valence-corrected chi connectivity index (χ1v) is 4.04. The molecule has 1 fully saturated rings. The van der Waals surface area contributed by atoms with Crippen LogP contribution in [-0.4, -0.2) is 33.0 Å². The van der Waals surface area contributed by atoms with E-state index in [0.717, 1.165) is 19.5 Å². The third-order valence-electron chi connectivity index (χ3n) is 2.04. The predicted molar refractivity (Wildman–Crippen MR) is 43.2 cm³/mol. The molecule has 0 saturated carbocycles. The third-order valence-corrected chi connectivity index (χ3v) is 2.04. The Bertz CT molecular complexity index is 317. The first-order valence-electron chi connectivity index (χ1n) is 4.04. The minimum atomic E-state index is -0.536. The fraction of sp³-hybridized carbons (Fsp3) is 0.667. The lowest BCUT2D eigenvalue weighted by atomic mass is 10.3. The second-order valence-corrected chi connectivity index (χ2v) is 2.93. The van der Waals surface area contributed by atoms with Gasteiger partial charge in [-0.25, -0.2) is 0 Å². The second kappa shape index (κ2) is 3.09. The number of aromatic nitrogens is 3. The summed E-state index contributed by atoms with van der Waals surface area (Å²) in [5.41, 5.74) is 0. The number of hydrogen-bond acceptors (Lipinski definition) is 5. The number of nitrogens with zero attached hydrogens (tertiary/aromatic N) is 4. The van der Waals surface area contributed by atoms with Crippen molar-refractivity contribution in [2.75, 3.05) is 13.1 Å². The quantitative estimate of drug-likeness (QED) is 0.503. The molecule has 1 atom stereocenters. The smallest absolute Gasteiger partial charge is 0.358 e. The fourth-order valence-corrected chi connectivity index (χ4v) is 1.36. The van der Waals surface area contributed by atoms with E-state index < -0.39 is 4.92 Å². The topological polar surface area (TPSA) is 85.9 Å². The summed E-state index contributed by atoms with van der Waals surface area (Å²) in [5, 5.41) is 21.0. The van der Waals surface area contributed by atoms with Crippen LogP contribution in [0.1, 0.15) is 12.5 Å². The molecular formula is C6H9N5O2. The van der Waals surface area contributed by atoms with Crippen molar-refractivity contribution in [2.24, 2.45) is 0 Å². The van der Waals surface area contributed by atoms with Gasteiger partial charge in [-0.2, -0.15) is 0 Å². The van der Waals surface area contributed by atoms with Crippen molar-refractivity contribution in [1.82, 2.24) is 20.3 Å². The van der Waals surface area contributed by atoms with Gasteiger partial charge in [0.2, 0.25) is 0 Å². The summed E-state index contributed by atoms with van der Waals surface area (Å²) in [5.74, 6) is -0.188. The van der Waals surface area contributed by atoms with Gasteiger partial charge in [0, 0.05) is 6.54 Å². The molecule has 0 bridgehead atoms. The summed E-state index contributed by atoms with van der Waals surface area (Å²) in [6.45, 7) is 1.70. The molecular weight excluding hydrogens is 174 g/mol. The Morgan fingerprint density at radius 1 is 1.77 bits per heavy atom. The van der Waals surface area contributed by atoms with E-state index in [-0.39, 0.29) is 11.9 Å². The van der Waals surface area contributed by atoms with Crippen LogP contribution in [0.4, 0.5) is 5.82 Å². The summed E-state index contributed by atoms with van der Waals surface area (Å²) < 4.78 is 0. The highest BCUT2D eigenvalue weighted by Crippen LogP contribution is 2.14. The highest BCUT2D eigenvalue weighted by Gasteiger charge is 2.23. The van der Waals surface area contributed by atoms with Crippen molar-refractivity contribution < 1.29 is 4.92 Å². The maximum Gasteiger partial charge on any atom is 0.410 e. The average molecular weight is 183 g/mol. The molecule has 0 aromatic carbocycles. The van der Waals surface area contributed by atoms with Gasteiger partial charge in [0.05, 0.1) is 5.10 Å². The Balaban J connectivity index is 2.16. The summed E-state index contributed by atoms with van der Waals surface area (Å²) in [7, 11) is 0. The van der Waals surface area contributed by atoms with Gasteiger partial charge in [-0.3, -0.25) is 0 Å². The highest BCUT2D eigenvalue weighted by atomic mass is 16.6. The molecule has 1 N–H and O–H groups in total. The maximum atomic E-state index is 10.3. The van der Waals surface area contributed by atoms with Gasteiger partial charge < -0.3 is 15.4 Å². The summed E-state index contributed by atoms with van der Waals surface area (Å²) >= 11 is 0. The normalized spacial score (nSPS) is 22.0. The van der Waals surface area contributed by atoms with E-state index in [4.69, 9.17) is 0 Å². The Kier molecular flexibility index (Phi) is 1.93. The predicted octanol–water partition coefficient (Wildman–Crippen LogP) is -0.279. The Morgan fingerprint density at radius 3 is 3.15 bits per heavy atom. The molecule has 0 radical (unpaired) electrons. The Hall–Kier alpha value is -1.50. The zero-order valence-electron chi connectivity index (χ0n) is 6.88. The van der Waals surface area contributed by atoms with Crippen molar-refractivity contribution in [1.29, 1.82) is 0 Å². The van der Waals surface area contributed by atoms with Crippen LogP contribution in [0.3, 0.4) is 0 Å². The molecule has 7 nitrogen and oxygen atoms in total. The Labute approximate surface area is 73.9 Å². The van der Waals surface area contributed by atoms with Crippen LogP contribution in [0.15, 0.2) is 6.20 Å². The molecule has 1 aliphatic rings. The SMILES string of the molecule is O=[N+]([O-])c1cnn(C2CCNC2)n1. The molecule has 2 heterocycles. The molecule has 70 valence electrons. The largest absolute Gasteiger partial charge is 0.410 e. The van der Waals surface area contributed by atoms with Gasteiger partial charge in [-0.05, 0) is 17.9 Å². The van der Waals surface area contributed by atoms with Crippen molar-refractivity contribution in [3.8, 4) is 0 Å². The van der Waals surface area contributed by atoms with Crippen LogP contribution >= 0.6 is 0 Å². The Morgan fingerprint density at radius 2 is 2.62 bits per heavy atom. The lowest BCUT2D eigenvalue weighted by Gasteiger charge is -2.00. The van der Waals surface area contributed by atoms with Gasteiger partial charge in [-0.15, -0.1) is 5.10 Å². The first kappa shape index (κ1) is 8.11. The van der Waals surface area contributed by atoms with Crippen LogP contribution in [0.5, 0.6) is 0 Å². The van der Waals surface area contributed by atoms with E-state index in [1.54, 1.807) is 0 Å². The summed E-state index contributed by atoms with van der Waals surface area (Å²) in [6.07, 6.45) is 2.10. The average Bonchev–Trinajstić information content (AvgIpc) is 2.75. The van der Waals surface area contributed by atoms with Crippen molar-refractivity contribution in [2.45, 2.75) is 12.5 Å². The maximum absolute atomic E-state index is 10.3. The molecule has 0 aliphatic carbocycles. The molecule has 1 unspecified atom stereocenters. The minimum Gasteiger partial charge on any atom is -0.358 e. The minimum absolute atomic E-state index is 0.161. The van der Waals surface area contributed by atoms with E-state index in [1.807, 2.05) is 0 Å². The van der Waals surface area contributed by atoms with E-state index in [1.165, 1.54) is 11.0 Å². The lowest BCUT2D eigenvalue weighted by Crippen LogP contribution is -2.15. The van der Waals surface area contributed by atoms with E-state index in [0.29, 0.717) is 0 Å². The zero-order valence-corrected chi connectivity index (χ0v) is 6.88. The fourth-order valence-electron chi connectivity index (χ4n) is 1.36. The molecule has 1 saturated heterocycles. The van der Waals surface area contributed by atoms with E-state index in [2.05, 4.69) is 15.5 Å². The molecule has 7 heteroatoms. The first-order chi connectivity index (χ1) is 6.27. The van der Waals surface area contributed by atoms with E-state index >= 15 is 0 Å². The van der Waals surface area contributed by atoms with Gasteiger partial charge in [0.1, 0.15) is 6.04 Å². The standard InChI is InChI=1S/C6H9N5O2/c12-11(13)6-4-8-10(9-6)5-1-2-7-3-5/h4-5,7H,1-3H2. The van der Waals surface area contributed by atoms with Gasteiger partial charge >= 0.3 is 5.82 Å². The molecule has 1 aromatic heterocycles. The summed E-state index contributed by atoms with van der Waals surface area (Å²) in [6, 6.07) is 0.161. The van der Waals surface area contributed by atoms with Crippen LogP contribution < -0.4 is 5.32 Å². The molecule has 0 spiro atoms. The van der Waals surface area contributed by atoms with Gasteiger partial charge in [-0.1, -0.05) is 4.80 Å². The lowest BCUT2D eigenvalue weighted by molar-refractivity contribution is -0.389. The van der Waals surface area contributed by atoms with Crippen molar-refractivity contribution >= 4 is 5.82 Å². The van der Waals surface area contributed by atoms with Crippen LogP contribution in [0.25, 0.3) is 0 Å². The molecule has 1 aliphatic heterocycles. The number of rotatable bonds is 2. The van der Waals surface area contributed by atoms with Gasteiger partial charge in [0.25, 0.3) is 0 Å². The van der Waals surface area contributed by atoms with Crippen LogP contribution in [0.2, 0.25) is 0 Å². The molecule has 1 aromatic rings. The number of nitrogens with one attached hydrogen (secondary N) is 1. The van der Waals surface area contributed by atoms with Crippen LogP contribution in [-0.2, 0) is 0 Å². The van der Waals surface area contributed by atoms with Crippen molar-refractivity contribution in [3.05, 3.63) is 16.3 Å². The molecule has 13 heavy (non-hydrogen) atoms. The van der Waals surface area contributed by atoms with Crippen LogP contribution in [0, 0.1) is 10.1 Å². The summed E-state index contributed by atoms with van der Waals surface area (Å²) in [4.78, 5) is 11.2. The van der Waals surface area contributed by atoms with Crippen molar-refractivity contribution in [3.63, 3.8) is 0 Å². The third kappa shape index (κ3) is 1.50. The van der Waals surface area contributed by atoms with E-state index in [9.17, 15) is 10.1 Å². The monoisotopic (exact) mass is 183 g/mol. The highest BCUT2D eigenvalue weighted by molar-refractivity contribution is 5.08. The number of nitro groups is 1. The molecule has 2 rings (SSSR count). The molecule has 0 amide bonds.